The molecule has 7 heteroatoms. The lowest BCUT2D eigenvalue weighted by molar-refractivity contribution is -0.113. The van der Waals surface area contributed by atoms with Crippen LogP contribution >= 0.6 is 11.8 Å². The Bertz CT molecular complexity index is 935. The Morgan fingerprint density at radius 2 is 2.13 bits per heavy atom. The van der Waals surface area contributed by atoms with Gasteiger partial charge in [0.2, 0.25) is 5.91 Å². The number of hydrogen-bond acceptors (Lipinski definition) is 4. The molecule has 0 fully saturated rings. The molecule has 0 unspecified atom stereocenters. The van der Waals surface area contributed by atoms with Gasteiger partial charge in [0.1, 0.15) is 0 Å². The number of H-pyrrole nitrogens is 1. The van der Waals surface area contributed by atoms with Gasteiger partial charge in [-0.25, -0.2) is 4.98 Å². The molecule has 4 rings (SSSR count). The van der Waals surface area contributed by atoms with E-state index in [0.717, 1.165) is 21.6 Å². The van der Waals surface area contributed by atoms with Gasteiger partial charge in [-0.05, 0) is 36.4 Å². The first-order valence-electron chi connectivity index (χ1n) is 7.00. The second-order valence-electron chi connectivity index (χ2n) is 5.14. The first kappa shape index (κ1) is 13.8. The van der Waals surface area contributed by atoms with Gasteiger partial charge < -0.3 is 15.6 Å². The van der Waals surface area contributed by atoms with Gasteiger partial charge in [-0.15, -0.1) is 11.8 Å². The van der Waals surface area contributed by atoms with E-state index >= 15 is 0 Å². The number of rotatable bonds is 2. The summed E-state index contributed by atoms with van der Waals surface area (Å²) >= 11 is 1.49. The maximum atomic E-state index is 12.4. The van der Waals surface area contributed by atoms with Gasteiger partial charge in [0.15, 0.2) is 0 Å². The van der Waals surface area contributed by atoms with Crippen molar-refractivity contribution in [1.29, 1.82) is 0 Å². The van der Waals surface area contributed by atoms with E-state index in [9.17, 15) is 9.59 Å². The molecule has 1 aliphatic heterocycles. The van der Waals surface area contributed by atoms with E-state index in [-0.39, 0.29) is 11.8 Å². The van der Waals surface area contributed by atoms with Crippen LogP contribution in [0.4, 0.5) is 11.4 Å². The van der Waals surface area contributed by atoms with Crippen molar-refractivity contribution in [2.45, 2.75) is 4.90 Å². The molecule has 0 aliphatic carbocycles. The van der Waals surface area contributed by atoms with Crippen molar-refractivity contribution >= 4 is 46.0 Å². The number of aromatic amines is 1. The fourth-order valence-electron chi connectivity index (χ4n) is 2.44. The average molecular weight is 324 g/mol. The third-order valence-electron chi connectivity index (χ3n) is 3.55. The normalized spacial score (nSPS) is 13.5. The Balaban J connectivity index is 1.58. The molecule has 2 aromatic carbocycles. The van der Waals surface area contributed by atoms with Gasteiger partial charge >= 0.3 is 0 Å². The molecular weight excluding hydrogens is 312 g/mol. The maximum Gasteiger partial charge on any atom is 0.255 e. The van der Waals surface area contributed by atoms with E-state index in [1.165, 1.54) is 11.8 Å². The summed E-state index contributed by atoms with van der Waals surface area (Å²) in [6.07, 6.45) is 1.59. The highest BCUT2D eigenvalue weighted by Gasteiger charge is 2.16. The van der Waals surface area contributed by atoms with E-state index < -0.39 is 0 Å². The van der Waals surface area contributed by atoms with E-state index in [0.29, 0.717) is 17.0 Å². The lowest BCUT2D eigenvalue weighted by atomic mass is 10.2. The highest BCUT2D eigenvalue weighted by atomic mass is 32.2. The molecule has 3 N–H and O–H groups in total. The van der Waals surface area contributed by atoms with Crippen LogP contribution in [0.1, 0.15) is 10.4 Å². The largest absolute Gasteiger partial charge is 0.345 e. The van der Waals surface area contributed by atoms with Gasteiger partial charge in [0, 0.05) is 16.1 Å². The molecule has 0 atom stereocenters. The Morgan fingerprint density at radius 1 is 1.22 bits per heavy atom. The maximum absolute atomic E-state index is 12.4. The SMILES string of the molecule is O=C1CSc2ccc(NC(=O)c3ccc4nc[nH]c4c3)cc2N1. The van der Waals surface area contributed by atoms with Crippen LogP contribution in [-0.2, 0) is 4.79 Å². The van der Waals surface area contributed by atoms with Crippen molar-refractivity contribution in [2.24, 2.45) is 0 Å². The molecule has 0 spiro atoms. The first-order valence-corrected chi connectivity index (χ1v) is 7.99. The van der Waals surface area contributed by atoms with E-state index in [4.69, 9.17) is 0 Å². The predicted octanol–water partition coefficient (Wildman–Crippen LogP) is 2.86. The second-order valence-corrected chi connectivity index (χ2v) is 6.15. The predicted molar refractivity (Wildman–Crippen MR) is 89.8 cm³/mol. The fourth-order valence-corrected chi connectivity index (χ4v) is 3.23. The summed E-state index contributed by atoms with van der Waals surface area (Å²) in [5.74, 6) is 0.176. The van der Waals surface area contributed by atoms with Crippen molar-refractivity contribution in [2.75, 3.05) is 16.4 Å². The third-order valence-corrected chi connectivity index (χ3v) is 4.63. The highest BCUT2D eigenvalue weighted by molar-refractivity contribution is 8.00. The number of fused-ring (bicyclic) bond motifs is 2. The minimum absolute atomic E-state index is 0.0318. The Labute approximate surface area is 135 Å². The van der Waals surface area contributed by atoms with Crippen molar-refractivity contribution in [3.05, 3.63) is 48.3 Å². The lowest BCUT2D eigenvalue weighted by Gasteiger charge is -2.17. The zero-order valence-electron chi connectivity index (χ0n) is 11.9. The molecule has 1 aliphatic rings. The molecule has 6 nitrogen and oxygen atoms in total. The molecule has 0 saturated heterocycles. The Hall–Kier alpha value is -2.80. The summed E-state index contributed by atoms with van der Waals surface area (Å²) < 4.78 is 0. The lowest BCUT2D eigenvalue weighted by Crippen LogP contribution is -2.19. The molecule has 0 radical (unpaired) electrons. The Morgan fingerprint density at radius 3 is 3.04 bits per heavy atom. The van der Waals surface area contributed by atoms with E-state index in [1.54, 1.807) is 30.6 Å². The summed E-state index contributed by atoms with van der Waals surface area (Å²) in [7, 11) is 0. The minimum atomic E-state index is -0.212. The number of hydrogen-bond donors (Lipinski definition) is 3. The molecule has 114 valence electrons. The molecule has 2 heterocycles. The van der Waals surface area contributed by atoms with Crippen LogP contribution in [0.2, 0.25) is 0 Å². The first-order chi connectivity index (χ1) is 11.2. The van der Waals surface area contributed by atoms with Crippen molar-refractivity contribution < 1.29 is 9.59 Å². The standard InChI is InChI=1S/C16H12N4O2S/c21-15-7-23-14-4-2-10(6-13(14)20-15)19-16(22)9-1-3-11-12(5-9)18-8-17-11/h1-6,8H,7H2,(H,17,18)(H,19,22)(H,20,21). The van der Waals surface area contributed by atoms with Gasteiger partial charge in [-0.1, -0.05) is 0 Å². The van der Waals surface area contributed by atoms with Gasteiger partial charge in [0.05, 0.1) is 28.8 Å². The highest BCUT2D eigenvalue weighted by Crippen LogP contribution is 2.33. The topological polar surface area (TPSA) is 86.9 Å². The molecule has 3 aromatic rings. The zero-order chi connectivity index (χ0) is 15.8. The van der Waals surface area contributed by atoms with Gasteiger partial charge in [-0.3, -0.25) is 9.59 Å². The Kier molecular flexibility index (Phi) is 3.27. The number of anilines is 2. The number of benzene rings is 2. The summed E-state index contributed by atoms with van der Waals surface area (Å²) in [5.41, 5.74) is 3.54. The monoisotopic (exact) mass is 324 g/mol. The summed E-state index contributed by atoms with van der Waals surface area (Å²) in [4.78, 5) is 31.9. The molecule has 0 bridgehead atoms. The van der Waals surface area contributed by atoms with Crippen LogP contribution in [-0.4, -0.2) is 27.5 Å². The number of aromatic nitrogens is 2. The number of imidazole rings is 1. The van der Waals surface area contributed by atoms with E-state index in [1.807, 2.05) is 12.1 Å². The van der Waals surface area contributed by atoms with Crippen LogP contribution < -0.4 is 10.6 Å². The fraction of sp³-hybridized carbons (Fsp3) is 0.0625. The van der Waals surface area contributed by atoms with Crippen molar-refractivity contribution in [3.63, 3.8) is 0 Å². The van der Waals surface area contributed by atoms with Gasteiger partial charge in [-0.2, -0.15) is 0 Å². The number of carbonyl (C=O) groups is 2. The number of nitrogens with one attached hydrogen (secondary N) is 3. The van der Waals surface area contributed by atoms with Crippen molar-refractivity contribution in [3.8, 4) is 0 Å². The number of thioether (sulfide) groups is 1. The molecule has 0 saturated carbocycles. The quantitative estimate of drug-likeness (QED) is 0.676. The van der Waals surface area contributed by atoms with Gasteiger partial charge in [0.25, 0.3) is 5.91 Å². The molecule has 2 amide bonds. The zero-order valence-corrected chi connectivity index (χ0v) is 12.7. The average Bonchev–Trinajstić information content (AvgIpc) is 3.02. The molecule has 1 aromatic heterocycles. The van der Waals surface area contributed by atoms with E-state index in [2.05, 4.69) is 20.6 Å². The summed E-state index contributed by atoms with van der Waals surface area (Å²) in [6.45, 7) is 0. The van der Waals surface area contributed by atoms with Crippen LogP contribution in [0.25, 0.3) is 11.0 Å². The van der Waals surface area contributed by atoms with Crippen LogP contribution in [0.15, 0.2) is 47.6 Å². The number of nitrogens with zero attached hydrogens (tertiary/aromatic N) is 1. The summed E-state index contributed by atoms with van der Waals surface area (Å²) in [5, 5.41) is 5.66. The smallest absolute Gasteiger partial charge is 0.255 e. The number of amides is 2. The number of carbonyl (C=O) groups excluding carboxylic acids is 2. The molecular formula is C16H12N4O2S. The van der Waals surface area contributed by atoms with Crippen LogP contribution in [0, 0.1) is 0 Å². The van der Waals surface area contributed by atoms with Crippen LogP contribution in [0.3, 0.4) is 0 Å². The molecule has 23 heavy (non-hydrogen) atoms. The summed E-state index contributed by atoms with van der Waals surface area (Å²) in [6, 6.07) is 10.8. The minimum Gasteiger partial charge on any atom is -0.345 e. The third kappa shape index (κ3) is 2.66. The van der Waals surface area contributed by atoms with Crippen LogP contribution in [0.5, 0.6) is 0 Å². The second kappa shape index (κ2) is 5.44. The van der Waals surface area contributed by atoms with Crippen molar-refractivity contribution in [1.82, 2.24) is 9.97 Å².